The number of carbonyl (C=O) groups is 1. The lowest BCUT2D eigenvalue weighted by atomic mass is 10.1. The number of rotatable bonds is 13. The summed E-state index contributed by atoms with van der Waals surface area (Å²) in [6, 6.07) is 0. The molecule has 0 heterocycles. The van der Waals surface area contributed by atoms with Crippen LogP contribution in [0, 0.1) is 11.8 Å². The molecular formula is C21H34O2. The summed E-state index contributed by atoms with van der Waals surface area (Å²) in [6.45, 7) is 2.26. The Bertz CT molecular complexity index is 393. The first kappa shape index (κ1) is 19.7. The van der Waals surface area contributed by atoms with E-state index in [2.05, 4.69) is 43.4 Å². The molecule has 2 nitrogen and oxygen atoms in total. The summed E-state index contributed by atoms with van der Waals surface area (Å²) in [5, 5.41) is 0. The Morgan fingerprint density at radius 3 is 2.35 bits per heavy atom. The van der Waals surface area contributed by atoms with Crippen LogP contribution in [0.4, 0.5) is 0 Å². The molecule has 130 valence electrons. The fourth-order valence-corrected chi connectivity index (χ4v) is 2.71. The van der Waals surface area contributed by atoms with E-state index >= 15 is 0 Å². The van der Waals surface area contributed by atoms with E-state index in [4.69, 9.17) is 4.74 Å². The van der Waals surface area contributed by atoms with Crippen molar-refractivity contribution in [2.75, 3.05) is 7.11 Å². The first-order chi connectivity index (χ1) is 11.3. The molecule has 0 aliphatic heterocycles. The molecule has 0 radical (unpaired) electrons. The third-order valence-electron chi connectivity index (χ3n) is 4.33. The third kappa shape index (κ3) is 10.1. The maximum Gasteiger partial charge on any atom is 0.309 e. The summed E-state index contributed by atoms with van der Waals surface area (Å²) in [4.78, 5) is 11.3. The standard InChI is InChI=1S/C21H34O2/c1-3-4-5-6-7-8-9-10-11-12-13-14-15-16-17-19-18-20(19)21(22)23-2/h10-11,13-14,16-17,19-20H,3-9,12,15,18H2,1-2H3/b11-10-,14-13-,17-16-/t19-,20+/m0/s1. The molecule has 1 aliphatic carbocycles. The number of carbonyl (C=O) groups excluding carboxylic acids is 1. The lowest BCUT2D eigenvalue weighted by Gasteiger charge is -1.97. The van der Waals surface area contributed by atoms with Gasteiger partial charge in [0, 0.05) is 0 Å². The monoisotopic (exact) mass is 318 g/mol. The van der Waals surface area contributed by atoms with E-state index in [9.17, 15) is 4.79 Å². The van der Waals surface area contributed by atoms with Gasteiger partial charge in [-0.05, 0) is 38.0 Å². The molecule has 0 bridgehead atoms. The van der Waals surface area contributed by atoms with Gasteiger partial charge in [-0.1, -0.05) is 75.5 Å². The molecule has 1 aliphatic rings. The molecule has 0 aromatic rings. The van der Waals surface area contributed by atoms with Gasteiger partial charge in [-0.2, -0.15) is 0 Å². The van der Waals surface area contributed by atoms with E-state index < -0.39 is 0 Å². The molecule has 1 saturated carbocycles. The zero-order valence-electron chi connectivity index (χ0n) is 15.0. The topological polar surface area (TPSA) is 26.3 Å². The minimum absolute atomic E-state index is 0.0642. The Labute approximate surface area is 142 Å². The number of unbranched alkanes of at least 4 members (excludes halogenated alkanes) is 6. The molecule has 0 unspecified atom stereocenters. The van der Waals surface area contributed by atoms with Gasteiger partial charge >= 0.3 is 5.97 Å². The zero-order valence-corrected chi connectivity index (χ0v) is 15.0. The second-order valence-corrected chi connectivity index (χ2v) is 6.43. The summed E-state index contributed by atoms with van der Waals surface area (Å²) < 4.78 is 4.73. The van der Waals surface area contributed by atoms with Gasteiger partial charge < -0.3 is 4.74 Å². The predicted octanol–water partition coefficient (Wildman–Crippen LogP) is 5.99. The number of hydrogen-bond acceptors (Lipinski definition) is 2. The van der Waals surface area contributed by atoms with E-state index in [0.29, 0.717) is 5.92 Å². The van der Waals surface area contributed by atoms with Crippen LogP contribution in [0.2, 0.25) is 0 Å². The van der Waals surface area contributed by atoms with E-state index in [1.807, 2.05) is 0 Å². The largest absolute Gasteiger partial charge is 0.469 e. The summed E-state index contributed by atoms with van der Waals surface area (Å²) in [5.41, 5.74) is 0. The molecule has 0 aromatic heterocycles. The van der Waals surface area contributed by atoms with Gasteiger partial charge in [0.25, 0.3) is 0 Å². The van der Waals surface area contributed by atoms with E-state index in [-0.39, 0.29) is 11.9 Å². The maximum absolute atomic E-state index is 11.3. The number of esters is 1. The normalized spacial score (nSPS) is 20.8. The lowest BCUT2D eigenvalue weighted by molar-refractivity contribution is -0.142. The van der Waals surface area contributed by atoms with Gasteiger partial charge in [0.2, 0.25) is 0 Å². The number of ether oxygens (including phenoxy) is 1. The minimum Gasteiger partial charge on any atom is -0.469 e. The summed E-state index contributed by atoms with van der Waals surface area (Å²) in [5.74, 6) is 0.462. The van der Waals surface area contributed by atoms with Gasteiger partial charge in [-0.25, -0.2) is 0 Å². The Morgan fingerprint density at radius 2 is 1.61 bits per heavy atom. The quantitative estimate of drug-likeness (QED) is 0.237. The van der Waals surface area contributed by atoms with Gasteiger partial charge in [0.05, 0.1) is 13.0 Å². The Morgan fingerprint density at radius 1 is 0.957 bits per heavy atom. The molecule has 2 atom stereocenters. The van der Waals surface area contributed by atoms with Crippen LogP contribution < -0.4 is 0 Å². The maximum atomic E-state index is 11.3. The van der Waals surface area contributed by atoms with E-state index in [0.717, 1.165) is 19.3 Å². The highest BCUT2D eigenvalue weighted by atomic mass is 16.5. The van der Waals surface area contributed by atoms with Gasteiger partial charge in [0.1, 0.15) is 0 Å². The molecule has 0 amide bonds. The zero-order chi connectivity index (χ0) is 16.8. The van der Waals surface area contributed by atoms with Crippen LogP contribution in [-0.2, 0) is 9.53 Å². The van der Waals surface area contributed by atoms with E-state index in [1.54, 1.807) is 0 Å². The van der Waals surface area contributed by atoms with Crippen molar-refractivity contribution in [1.82, 2.24) is 0 Å². The van der Waals surface area contributed by atoms with Gasteiger partial charge in [-0.15, -0.1) is 0 Å². The number of hydrogen-bond donors (Lipinski definition) is 0. The van der Waals surface area contributed by atoms with Crippen molar-refractivity contribution in [3.63, 3.8) is 0 Å². The van der Waals surface area contributed by atoms with Crippen molar-refractivity contribution >= 4 is 5.97 Å². The van der Waals surface area contributed by atoms with Crippen LogP contribution in [0.25, 0.3) is 0 Å². The Balaban J connectivity index is 1.91. The van der Waals surface area contributed by atoms with Crippen molar-refractivity contribution in [3.8, 4) is 0 Å². The van der Waals surface area contributed by atoms with E-state index in [1.165, 1.54) is 52.1 Å². The highest BCUT2D eigenvalue weighted by Gasteiger charge is 2.41. The predicted molar refractivity (Wildman–Crippen MR) is 98.3 cm³/mol. The minimum atomic E-state index is -0.0642. The first-order valence-electron chi connectivity index (χ1n) is 9.34. The highest BCUT2D eigenvalue weighted by Crippen LogP contribution is 2.40. The fraction of sp³-hybridized carbons (Fsp3) is 0.667. The molecule has 23 heavy (non-hydrogen) atoms. The lowest BCUT2D eigenvalue weighted by Crippen LogP contribution is -2.03. The first-order valence-corrected chi connectivity index (χ1v) is 9.34. The van der Waals surface area contributed by atoms with Crippen molar-refractivity contribution in [3.05, 3.63) is 36.5 Å². The number of methoxy groups -OCH3 is 1. The summed E-state index contributed by atoms with van der Waals surface area (Å²) in [6.07, 6.45) is 25.7. The van der Waals surface area contributed by atoms with Crippen molar-refractivity contribution in [2.24, 2.45) is 11.8 Å². The van der Waals surface area contributed by atoms with Crippen molar-refractivity contribution in [1.29, 1.82) is 0 Å². The average molecular weight is 319 g/mol. The highest BCUT2D eigenvalue weighted by molar-refractivity contribution is 5.76. The van der Waals surface area contributed by atoms with Crippen LogP contribution in [0.5, 0.6) is 0 Å². The Hall–Kier alpha value is -1.31. The molecular weight excluding hydrogens is 284 g/mol. The van der Waals surface area contributed by atoms with Gasteiger partial charge in [0.15, 0.2) is 0 Å². The molecule has 1 fully saturated rings. The van der Waals surface area contributed by atoms with Crippen LogP contribution in [-0.4, -0.2) is 13.1 Å². The van der Waals surface area contributed by atoms with Crippen LogP contribution in [0.1, 0.15) is 71.1 Å². The summed E-state index contributed by atoms with van der Waals surface area (Å²) >= 11 is 0. The summed E-state index contributed by atoms with van der Waals surface area (Å²) in [7, 11) is 1.46. The number of allylic oxidation sites excluding steroid dienone is 6. The van der Waals surface area contributed by atoms with Crippen LogP contribution in [0.15, 0.2) is 36.5 Å². The fourth-order valence-electron chi connectivity index (χ4n) is 2.71. The van der Waals surface area contributed by atoms with Crippen molar-refractivity contribution < 1.29 is 9.53 Å². The molecule has 1 rings (SSSR count). The van der Waals surface area contributed by atoms with Crippen LogP contribution >= 0.6 is 0 Å². The van der Waals surface area contributed by atoms with Crippen molar-refractivity contribution in [2.45, 2.75) is 71.1 Å². The molecule has 0 spiro atoms. The molecule has 0 saturated heterocycles. The Kier molecular flexibility index (Phi) is 11.3. The van der Waals surface area contributed by atoms with Gasteiger partial charge in [-0.3, -0.25) is 4.79 Å². The average Bonchev–Trinajstić information content (AvgIpc) is 3.34. The van der Waals surface area contributed by atoms with Crippen LogP contribution in [0.3, 0.4) is 0 Å². The molecule has 0 aromatic carbocycles. The molecule has 0 N–H and O–H groups in total. The molecule has 2 heteroatoms. The third-order valence-corrected chi connectivity index (χ3v) is 4.33. The second kappa shape index (κ2) is 13.2. The SMILES string of the molecule is CCCCCCCC/C=C\C/C=C\C/C=C\[C@H]1C[C@H]1C(=O)OC. The smallest absolute Gasteiger partial charge is 0.309 e. The second-order valence-electron chi connectivity index (χ2n) is 6.43.